The highest BCUT2D eigenvalue weighted by atomic mass is 32.1. The zero-order valence-electron chi connectivity index (χ0n) is 14.6. The van der Waals surface area contributed by atoms with Crippen molar-refractivity contribution in [3.63, 3.8) is 0 Å². The average Bonchev–Trinajstić information content (AvgIpc) is 3.31. The van der Waals surface area contributed by atoms with Gasteiger partial charge in [0, 0.05) is 30.6 Å². The minimum atomic E-state index is -0.293. The van der Waals surface area contributed by atoms with Gasteiger partial charge in [0.25, 0.3) is 0 Å². The molecule has 0 radical (unpaired) electrons. The van der Waals surface area contributed by atoms with Crippen LogP contribution in [0.5, 0.6) is 0 Å². The van der Waals surface area contributed by atoms with E-state index in [-0.39, 0.29) is 24.8 Å². The van der Waals surface area contributed by atoms with Gasteiger partial charge in [-0.05, 0) is 29.6 Å². The maximum atomic E-state index is 13.8. The lowest BCUT2D eigenvalue weighted by atomic mass is 10.2. The fourth-order valence-corrected chi connectivity index (χ4v) is 3.44. The number of halogens is 1. The molecule has 2 aromatic heterocycles. The molecule has 6 heteroatoms. The summed E-state index contributed by atoms with van der Waals surface area (Å²) < 4.78 is 19.2. The molecule has 0 fully saturated rings. The monoisotopic (exact) mass is 372 g/mol. The summed E-state index contributed by atoms with van der Waals surface area (Å²) in [6, 6.07) is 14.3. The molecular formula is C20H21FN2O2S. The Morgan fingerprint density at radius 1 is 1.08 bits per heavy atom. The summed E-state index contributed by atoms with van der Waals surface area (Å²) in [5.41, 5.74) is 0.513. The summed E-state index contributed by atoms with van der Waals surface area (Å²) in [4.78, 5) is 17.4. The third-order valence-corrected chi connectivity index (χ3v) is 4.93. The molecule has 3 rings (SSSR count). The predicted octanol–water partition coefficient (Wildman–Crippen LogP) is 4.14. The third kappa shape index (κ3) is 5.03. The molecule has 0 aliphatic rings. The van der Waals surface area contributed by atoms with E-state index in [0.29, 0.717) is 18.7 Å². The summed E-state index contributed by atoms with van der Waals surface area (Å²) in [5.74, 6) is 0.459. The number of rotatable bonds is 8. The van der Waals surface area contributed by atoms with Crippen molar-refractivity contribution in [2.45, 2.75) is 19.6 Å². The lowest BCUT2D eigenvalue weighted by Gasteiger charge is -2.24. The topological polar surface area (TPSA) is 36.7 Å². The quantitative estimate of drug-likeness (QED) is 0.596. The van der Waals surface area contributed by atoms with Crippen LogP contribution in [-0.2, 0) is 24.4 Å². The van der Waals surface area contributed by atoms with Crippen LogP contribution in [0, 0.1) is 5.82 Å². The van der Waals surface area contributed by atoms with Gasteiger partial charge in [-0.25, -0.2) is 4.39 Å². The molecule has 26 heavy (non-hydrogen) atoms. The second kappa shape index (κ2) is 8.78. The van der Waals surface area contributed by atoms with Crippen molar-refractivity contribution in [1.82, 2.24) is 9.80 Å². The smallest absolute Gasteiger partial charge is 0.236 e. The van der Waals surface area contributed by atoms with Crippen LogP contribution in [0.2, 0.25) is 0 Å². The van der Waals surface area contributed by atoms with E-state index in [4.69, 9.17) is 4.42 Å². The summed E-state index contributed by atoms with van der Waals surface area (Å²) in [6.45, 7) is 1.70. The van der Waals surface area contributed by atoms with Crippen molar-refractivity contribution < 1.29 is 13.6 Å². The molecule has 0 aliphatic heterocycles. The fraction of sp³-hybridized carbons (Fsp3) is 0.250. The van der Waals surface area contributed by atoms with Crippen molar-refractivity contribution in [1.29, 1.82) is 0 Å². The largest absolute Gasteiger partial charge is 0.468 e. The van der Waals surface area contributed by atoms with Gasteiger partial charge in [0.05, 0.1) is 19.4 Å². The van der Waals surface area contributed by atoms with E-state index in [1.165, 1.54) is 10.9 Å². The molecule has 1 amide bonds. The highest BCUT2D eigenvalue weighted by Gasteiger charge is 2.18. The normalized spacial score (nSPS) is 11.0. The lowest BCUT2D eigenvalue weighted by Crippen LogP contribution is -2.37. The Labute approximate surface area is 156 Å². The maximum absolute atomic E-state index is 13.8. The van der Waals surface area contributed by atoms with Gasteiger partial charge in [-0.1, -0.05) is 24.3 Å². The van der Waals surface area contributed by atoms with Crippen LogP contribution in [0.4, 0.5) is 4.39 Å². The molecule has 136 valence electrons. The molecule has 0 unspecified atom stereocenters. The van der Waals surface area contributed by atoms with Crippen LogP contribution in [0.3, 0.4) is 0 Å². The van der Waals surface area contributed by atoms with Crippen LogP contribution < -0.4 is 0 Å². The average molecular weight is 372 g/mol. The van der Waals surface area contributed by atoms with E-state index in [9.17, 15) is 9.18 Å². The van der Waals surface area contributed by atoms with E-state index in [1.54, 1.807) is 47.7 Å². The number of furan rings is 1. The zero-order chi connectivity index (χ0) is 18.4. The molecule has 0 spiro atoms. The second-order valence-corrected chi connectivity index (χ2v) is 7.18. The molecule has 3 aromatic rings. The molecule has 2 heterocycles. The van der Waals surface area contributed by atoms with Gasteiger partial charge in [0.15, 0.2) is 0 Å². The van der Waals surface area contributed by atoms with Gasteiger partial charge < -0.3 is 9.32 Å². The first-order valence-corrected chi connectivity index (χ1v) is 9.24. The number of amides is 1. The molecule has 0 N–H and O–H groups in total. The first-order valence-electron chi connectivity index (χ1n) is 8.36. The highest BCUT2D eigenvalue weighted by Crippen LogP contribution is 2.15. The van der Waals surface area contributed by atoms with Crippen molar-refractivity contribution >= 4 is 17.2 Å². The molecule has 4 nitrogen and oxygen atoms in total. The highest BCUT2D eigenvalue weighted by molar-refractivity contribution is 7.09. The third-order valence-electron chi connectivity index (χ3n) is 4.07. The molecule has 0 saturated heterocycles. The lowest BCUT2D eigenvalue weighted by molar-refractivity contribution is -0.132. The Hall–Kier alpha value is -2.44. The van der Waals surface area contributed by atoms with Crippen molar-refractivity contribution in [2.24, 2.45) is 0 Å². The number of likely N-dealkylation sites (N-methyl/N-ethyl adjacent to an activating group) is 1. The van der Waals surface area contributed by atoms with Crippen LogP contribution in [0.15, 0.2) is 64.6 Å². The fourth-order valence-electron chi connectivity index (χ4n) is 2.70. The van der Waals surface area contributed by atoms with Crippen LogP contribution in [-0.4, -0.2) is 29.3 Å². The van der Waals surface area contributed by atoms with Crippen molar-refractivity contribution in [2.75, 3.05) is 13.6 Å². The molecule has 0 saturated carbocycles. The number of carbonyl (C=O) groups excluding carboxylic acids is 1. The van der Waals surface area contributed by atoms with Gasteiger partial charge in [-0.3, -0.25) is 9.69 Å². The molecular weight excluding hydrogens is 351 g/mol. The minimum Gasteiger partial charge on any atom is -0.468 e. The number of benzene rings is 1. The standard InChI is InChI=1S/C20H21FN2O2S/c1-22(12-16-6-2-3-9-19(16)21)20(24)15-23(13-17-7-4-10-25-17)14-18-8-5-11-26-18/h2-11H,12-15H2,1H3. The number of nitrogens with zero attached hydrogens (tertiary/aromatic N) is 2. The minimum absolute atomic E-state index is 0.0589. The Bertz CT molecular complexity index is 782. The molecule has 0 bridgehead atoms. The number of carbonyl (C=O) groups is 1. The first kappa shape index (κ1) is 18.4. The Morgan fingerprint density at radius 3 is 2.62 bits per heavy atom. The van der Waals surface area contributed by atoms with Crippen LogP contribution in [0.1, 0.15) is 16.2 Å². The molecule has 0 atom stereocenters. The summed E-state index contributed by atoms with van der Waals surface area (Å²) >= 11 is 1.66. The van der Waals surface area contributed by atoms with Gasteiger partial charge in [0.2, 0.25) is 5.91 Å². The summed E-state index contributed by atoms with van der Waals surface area (Å²) in [7, 11) is 1.70. The summed E-state index contributed by atoms with van der Waals surface area (Å²) in [6.07, 6.45) is 1.63. The van der Waals surface area contributed by atoms with Crippen LogP contribution in [0.25, 0.3) is 0 Å². The van der Waals surface area contributed by atoms with E-state index in [1.807, 2.05) is 34.5 Å². The SMILES string of the molecule is CN(Cc1ccccc1F)C(=O)CN(Cc1ccco1)Cc1cccs1. The first-order chi connectivity index (χ1) is 12.6. The number of thiophene rings is 1. The number of hydrogen-bond acceptors (Lipinski definition) is 4. The molecule has 0 aliphatic carbocycles. The Balaban J connectivity index is 1.64. The Kier molecular flexibility index (Phi) is 6.20. The Morgan fingerprint density at radius 2 is 1.92 bits per heavy atom. The van der Waals surface area contributed by atoms with Gasteiger partial charge in [-0.15, -0.1) is 11.3 Å². The summed E-state index contributed by atoms with van der Waals surface area (Å²) in [5, 5.41) is 2.02. The second-order valence-electron chi connectivity index (χ2n) is 6.15. The zero-order valence-corrected chi connectivity index (χ0v) is 15.4. The maximum Gasteiger partial charge on any atom is 0.236 e. The van der Waals surface area contributed by atoms with Gasteiger partial charge >= 0.3 is 0 Å². The van der Waals surface area contributed by atoms with E-state index in [0.717, 1.165) is 5.76 Å². The predicted molar refractivity (Wildman–Crippen MR) is 100 cm³/mol. The molecule has 1 aromatic carbocycles. The van der Waals surface area contributed by atoms with Crippen LogP contribution >= 0.6 is 11.3 Å². The van der Waals surface area contributed by atoms with Gasteiger partial charge in [0.1, 0.15) is 11.6 Å². The van der Waals surface area contributed by atoms with Crippen molar-refractivity contribution in [3.8, 4) is 0 Å². The van der Waals surface area contributed by atoms with E-state index >= 15 is 0 Å². The van der Waals surface area contributed by atoms with E-state index < -0.39 is 0 Å². The van der Waals surface area contributed by atoms with Gasteiger partial charge in [-0.2, -0.15) is 0 Å². The van der Waals surface area contributed by atoms with E-state index in [2.05, 4.69) is 0 Å². The number of hydrogen-bond donors (Lipinski definition) is 0. The van der Waals surface area contributed by atoms with Crippen molar-refractivity contribution in [3.05, 3.63) is 82.2 Å².